The van der Waals surface area contributed by atoms with Crippen molar-refractivity contribution < 1.29 is 0 Å². The molecule has 0 unspecified atom stereocenters. The van der Waals surface area contributed by atoms with Gasteiger partial charge in [-0.25, -0.2) is 0 Å². The second-order valence-corrected chi connectivity index (χ2v) is 5.06. The van der Waals surface area contributed by atoms with Gasteiger partial charge in [0.15, 0.2) is 5.41 Å². The summed E-state index contributed by atoms with van der Waals surface area (Å²) in [5.41, 5.74) is 1.89. The summed E-state index contributed by atoms with van der Waals surface area (Å²) >= 11 is 1.48. The highest BCUT2D eigenvalue weighted by molar-refractivity contribution is 8.01. The molecule has 0 aliphatic heterocycles. The van der Waals surface area contributed by atoms with Crippen LogP contribution in [0.1, 0.15) is 18.1 Å². The minimum atomic E-state index is -1.29. The first-order chi connectivity index (χ1) is 9.01. The Morgan fingerprint density at radius 2 is 1.79 bits per heavy atom. The summed E-state index contributed by atoms with van der Waals surface area (Å²) in [5.74, 6) is 0. The lowest BCUT2D eigenvalue weighted by molar-refractivity contribution is 0.817. The maximum atomic E-state index is 9.48. The molecular weight excluding hydrogens is 252 g/mol. The van der Waals surface area contributed by atoms with Gasteiger partial charge < -0.3 is 0 Å². The number of hydrogen-bond donors (Lipinski definition) is 0. The Kier molecular flexibility index (Phi) is 4.98. The van der Waals surface area contributed by atoms with Crippen LogP contribution >= 0.6 is 11.8 Å². The summed E-state index contributed by atoms with van der Waals surface area (Å²) < 4.78 is 0. The van der Waals surface area contributed by atoms with Crippen molar-refractivity contribution in [2.24, 2.45) is 5.41 Å². The summed E-state index contributed by atoms with van der Waals surface area (Å²) in [6, 6.07) is 11.9. The van der Waals surface area contributed by atoms with Crippen LogP contribution in [-0.2, 0) is 0 Å². The molecule has 0 bridgehead atoms. The molecule has 2 nitrogen and oxygen atoms in total. The van der Waals surface area contributed by atoms with Crippen molar-refractivity contribution in [1.29, 1.82) is 10.5 Å². The number of thioether (sulfide) groups is 1. The Labute approximate surface area is 119 Å². The number of nitrogens with zero attached hydrogens (tertiary/aromatic N) is 2. The van der Waals surface area contributed by atoms with Crippen LogP contribution in [0, 0.1) is 35.0 Å². The van der Waals surface area contributed by atoms with Gasteiger partial charge in [-0.3, -0.25) is 0 Å². The lowest BCUT2D eigenvalue weighted by Crippen LogP contribution is -2.19. The van der Waals surface area contributed by atoms with Gasteiger partial charge in [0.05, 0.1) is 12.1 Å². The van der Waals surface area contributed by atoms with Gasteiger partial charge in [0.1, 0.15) is 0 Å². The van der Waals surface area contributed by atoms with E-state index in [1.807, 2.05) is 42.9 Å². The van der Waals surface area contributed by atoms with Crippen LogP contribution in [0.4, 0.5) is 0 Å². The first-order valence-corrected chi connectivity index (χ1v) is 7.09. The number of rotatable bonds is 4. The fourth-order valence-electron chi connectivity index (χ4n) is 1.81. The Morgan fingerprint density at radius 3 is 2.21 bits per heavy atom. The lowest BCUT2D eigenvalue weighted by atomic mass is 9.75. The molecule has 0 radical (unpaired) electrons. The van der Waals surface area contributed by atoms with E-state index in [0.717, 1.165) is 11.1 Å². The standard InChI is InChI=1S/C16H16N2S/c1-12-5-7-15(8-6-12)14(3)16(10-17,11-18)13(2)9-19-4/h5-9H,3H2,1-2,4H3/b13-9+. The minimum Gasteiger partial charge on any atom is -0.196 e. The molecule has 1 aromatic rings. The Hall–Kier alpha value is -1.97. The summed E-state index contributed by atoms with van der Waals surface area (Å²) in [6.45, 7) is 7.76. The normalized spacial score (nSPS) is 11.5. The summed E-state index contributed by atoms with van der Waals surface area (Å²) in [5, 5.41) is 20.8. The largest absolute Gasteiger partial charge is 0.196 e. The van der Waals surface area contributed by atoms with E-state index in [1.165, 1.54) is 11.8 Å². The van der Waals surface area contributed by atoms with Gasteiger partial charge in [0.2, 0.25) is 0 Å². The number of nitriles is 2. The molecule has 0 fully saturated rings. The Morgan fingerprint density at radius 1 is 1.26 bits per heavy atom. The minimum absolute atomic E-state index is 0.528. The van der Waals surface area contributed by atoms with Crippen molar-refractivity contribution in [2.75, 3.05) is 6.26 Å². The average molecular weight is 268 g/mol. The van der Waals surface area contributed by atoms with Crippen molar-refractivity contribution >= 4 is 17.3 Å². The zero-order valence-corrected chi connectivity index (χ0v) is 12.2. The summed E-state index contributed by atoms with van der Waals surface area (Å²) in [7, 11) is 0. The van der Waals surface area contributed by atoms with E-state index in [4.69, 9.17) is 0 Å². The van der Waals surface area contributed by atoms with Crippen LogP contribution < -0.4 is 0 Å². The number of benzene rings is 1. The highest BCUT2D eigenvalue weighted by atomic mass is 32.2. The Bertz CT molecular complexity index is 569. The van der Waals surface area contributed by atoms with Gasteiger partial charge in [0.25, 0.3) is 0 Å². The molecule has 0 atom stereocenters. The third-order valence-corrected chi connectivity index (χ3v) is 3.66. The van der Waals surface area contributed by atoms with E-state index < -0.39 is 5.41 Å². The monoisotopic (exact) mass is 268 g/mol. The van der Waals surface area contributed by atoms with Crippen molar-refractivity contribution in [3.63, 3.8) is 0 Å². The molecule has 0 saturated heterocycles. The van der Waals surface area contributed by atoms with Crippen molar-refractivity contribution in [2.45, 2.75) is 13.8 Å². The third kappa shape index (κ3) is 2.89. The quantitative estimate of drug-likeness (QED) is 0.817. The fourth-order valence-corrected chi connectivity index (χ4v) is 2.34. The molecule has 96 valence electrons. The molecule has 3 heteroatoms. The molecule has 0 N–H and O–H groups in total. The predicted molar refractivity (Wildman–Crippen MR) is 81.1 cm³/mol. The van der Waals surface area contributed by atoms with Gasteiger partial charge in [-0.15, -0.1) is 11.8 Å². The maximum Gasteiger partial charge on any atom is 0.190 e. The highest BCUT2D eigenvalue weighted by Gasteiger charge is 2.36. The van der Waals surface area contributed by atoms with Crippen molar-refractivity contribution in [3.8, 4) is 12.1 Å². The molecule has 19 heavy (non-hydrogen) atoms. The van der Waals surface area contributed by atoms with Gasteiger partial charge in [-0.1, -0.05) is 36.4 Å². The highest BCUT2D eigenvalue weighted by Crippen LogP contribution is 2.40. The van der Waals surface area contributed by atoms with Crippen molar-refractivity contribution in [3.05, 3.63) is 53.0 Å². The van der Waals surface area contributed by atoms with Crippen LogP contribution in [0.15, 0.2) is 41.8 Å². The smallest absolute Gasteiger partial charge is 0.190 e. The molecule has 0 aromatic heterocycles. The molecule has 1 rings (SSSR count). The topological polar surface area (TPSA) is 47.6 Å². The van der Waals surface area contributed by atoms with Gasteiger partial charge in [-0.2, -0.15) is 10.5 Å². The molecule has 0 aliphatic carbocycles. The zero-order chi connectivity index (χ0) is 14.5. The van der Waals surface area contributed by atoms with E-state index in [1.54, 1.807) is 6.92 Å². The molecule has 0 spiro atoms. The van der Waals surface area contributed by atoms with Crippen LogP contribution in [0.3, 0.4) is 0 Å². The van der Waals surface area contributed by atoms with Crippen LogP contribution in [0.25, 0.3) is 5.57 Å². The third-order valence-electron chi connectivity index (χ3n) is 3.07. The van der Waals surface area contributed by atoms with Crippen LogP contribution in [0.5, 0.6) is 0 Å². The molecular formula is C16H16N2S. The summed E-state index contributed by atoms with van der Waals surface area (Å²) in [4.78, 5) is 0. The first-order valence-electron chi connectivity index (χ1n) is 5.80. The second-order valence-electron chi connectivity index (χ2n) is 4.35. The SMILES string of the molecule is C=C(c1ccc(C)cc1)C(C#N)(C#N)/C(C)=C/SC. The fraction of sp³-hybridized carbons (Fsp3) is 0.250. The van der Waals surface area contributed by atoms with E-state index in [2.05, 4.69) is 18.7 Å². The van der Waals surface area contributed by atoms with Crippen LogP contribution in [0.2, 0.25) is 0 Å². The van der Waals surface area contributed by atoms with E-state index in [9.17, 15) is 10.5 Å². The number of allylic oxidation sites excluding steroid dienone is 2. The van der Waals surface area contributed by atoms with E-state index in [0.29, 0.717) is 11.1 Å². The molecule has 1 aromatic carbocycles. The lowest BCUT2D eigenvalue weighted by Gasteiger charge is -2.22. The van der Waals surface area contributed by atoms with Crippen molar-refractivity contribution in [1.82, 2.24) is 0 Å². The van der Waals surface area contributed by atoms with Gasteiger partial charge in [-0.05, 0) is 42.2 Å². The Balaban J connectivity index is 3.33. The van der Waals surface area contributed by atoms with E-state index in [-0.39, 0.29) is 0 Å². The van der Waals surface area contributed by atoms with Gasteiger partial charge in [0, 0.05) is 0 Å². The zero-order valence-electron chi connectivity index (χ0n) is 11.4. The summed E-state index contributed by atoms with van der Waals surface area (Å²) in [6.07, 6.45) is 1.90. The molecule has 0 amide bonds. The maximum absolute atomic E-state index is 9.48. The second kappa shape index (κ2) is 6.27. The van der Waals surface area contributed by atoms with Crippen LogP contribution in [-0.4, -0.2) is 6.26 Å². The first kappa shape index (κ1) is 15.1. The molecule has 0 heterocycles. The van der Waals surface area contributed by atoms with E-state index >= 15 is 0 Å². The number of hydrogen-bond acceptors (Lipinski definition) is 3. The molecule has 0 aliphatic rings. The number of aryl methyl sites for hydroxylation is 1. The average Bonchev–Trinajstić information content (AvgIpc) is 2.41. The predicted octanol–water partition coefficient (Wildman–Crippen LogP) is 4.31. The molecule has 0 saturated carbocycles. The van der Waals surface area contributed by atoms with Gasteiger partial charge >= 0.3 is 0 Å².